The van der Waals surface area contributed by atoms with Gasteiger partial charge in [0, 0.05) is 11.4 Å². The summed E-state index contributed by atoms with van der Waals surface area (Å²) in [5, 5.41) is 11.0. The van der Waals surface area contributed by atoms with Crippen LogP contribution in [0.15, 0.2) is 39.4 Å². The topological polar surface area (TPSA) is 53.3 Å². The summed E-state index contributed by atoms with van der Waals surface area (Å²) < 4.78 is 41.5. The van der Waals surface area contributed by atoms with Gasteiger partial charge in [0.05, 0.1) is 6.85 Å². The van der Waals surface area contributed by atoms with E-state index in [4.69, 9.17) is 6.85 Å². The monoisotopic (exact) mass is 189 g/mol. The van der Waals surface area contributed by atoms with Crippen molar-refractivity contribution in [2.45, 2.75) is 0 Å². The van der Waals surface area contributed by atoms with Gasteiger partial charge in [0.2, 0.25) is 0 Å². The molecule has 1 aromatic heterocycles. The van der Waals surface area contributed by atoms with Crippen molar-refractivity contribution in [1.29, 1.82) is 0 Å². The van der Waals surface area contributed by atoms with Gasteiger partial charge in [-0.3, -0.25) is 0 Å². The Labute approximate surface area is 103 Å². The van der Waals surface area contributed by atoms with E-state index in [1.165, 1.54) is 0 Å². The molecule has 1 heterocycles. The third-order valence-electron chi connectivity index (χ3n) is 1.24. The Morgan fingerprint density at radius 1 is 1.31 bits per heavy atom. The summed E-state index contributed by atoms with van der Waals surface area (Å²) in [6.45, 7) is 0. The van der Waals surface area contributed by atoms with Gasteiger partial charge in [0.25, 0.3) is 0 Å². The largest absolute Gasteiger partial charge is 1.00 e. The maximum absolute atomic E-state index is 11.3. The van der Waals surface area contributed by atoms with Gasteiger partial charge in [0.15, 0.2) is 0 Å². The van der Waals surface area contributed by atoms with Crippen molar-refractivity contribution < 1.29 is 45.9 Å². The zero-order chi connectivity index (χ0) is 12.9. The first-order valence-electron chi connectivity index (χ1n) is 5.57. The Morgan fingerprint density at radius 2 is 2.00 bits per heavy atom. The fourth-order valence-corrected chi connectivity index (χ4v) is 0.769. The van der Waals surface area contributed by atoms with Crippen LogP contribution in [0.1, 0.15) is 6.85 Å². The van der Waals surface area contributed by atoms with Gasteiger partial charge in [-0.1, -0.05) is 12.1 Å². The van der Waals surface area contributed by atoms with Crippen molar-refractivity contribution in [2.75, 3.05) is 0 Å². The second kappa shape index (κ2) is 3.96. The molecule has 0 saturated heterocycles. The van der Waals surface area contributed by atoms with Crippen LogP contribution in [0.2, 0.25) is 0 Å². The van der Waals surface area contributed by atoms with Gasteiger partial charge in [-0.15, -0.1) is 5.75 Å². The van der Waals surface area contributed by atoms with E-state index in [0.29, 0.717) is 0 Å². The van der Waals surface area contributed by atoms with E-state index >= 15 is 0 Å². The molecule has 0 aliphatic carbocycles. The summed E-state index contributed by atoms with van der Waals surface area (Å²) in [6, 6.07) is -3.47. The van der Waals surface area contributed by atoms with E-state index in [9.17, 15) is 9.90 Å². The van der Waals surface area contributed by atoms with Crippen LogP contribution in [-0.2, 0) is 0 Å². The van der Waals surface area contributed by atoms with Gasteiger partial charge in [-0.25, -0.2) is 4.79 Å². The summed E-state index contributed by atoms with van der Waals surface area (Å²) in [5.41, 5.74) is -1.66. The minimum atomic E-state index is -1.15. The molecule has 60 valence electrons. The van der Waals surface area contributed by atoms with Crippen LogP contribution in [0.4, 0.5) is 0 Å². The van der Waals surface area contributed by atoms with Gasteiger partial charge >= 0.3 is 35.2 Å². The smallest absolute Gasteiger partial charge is 0.872 e. The molecule has 13 heavy (non-hydrogen) atoms. The maximum Gasteiger partial charge on any atom is 1.00 e. The van der Waals surface area contributed by atoms with Crippen LogP contribution in [0.5, 0.6) is 5.75 Å². The van der Waals surface area contributed by atoms with Crippen LogP contribution in [0.3, 0.4) is 0 Å². The Bertz CT molecular complexity index is 697. The van der Waals surface area contributed by atoms with Crippen LogP contribution < -0.4 is 40.3 Å². The van der Waals surface area contributed by atoms with Gasteiger partial charge in [-0.05, 0) is 12.1 Å². The number of hydrogen-bond donors (Lipinski definition) is 0. The Morgan fingerprint density at radius 3 is 2.77 bits per heavy atom. The molecular weight excluding hydrogens is 179 g/mol. The molecule has 0 aliphatic heterocycles. The number of hydrogen-bond acceptors (Lipinski definition) is 3. The minimum Gasteiger partial charge on any atom is -0.872 e. The van der Waals surface area contributed by atoms with E-state index < -0.39 is 47.2 Å². The zero-order valence-corrected chi connectivity index (χ0v) is 8.72. The molecule has 3 nitrogen and oxygen atoms in total. The van der Waals surface area contributed by atoms with Crippen molar-refractivity contribution in [2.24, 2.45) is 0 Å². The quantitative estimate of drug-likeness (QED) is 0.351. The van der Waals surface area contributed by atoms with Crippen LogP contribution >= 0.6 is 0 Å². The molecule has 0 amide bonds. The average molecular weight is 189 g/mol. The second-order valence-corrected chi connectivity index (χ2v) is 2.05. The molecule has 4 heteroatoms. The summed E-state index contributed by atoms with van der Waals surface area (Å²) in [7, 11) is 0. The summed E-state index contributed by atoms with van der Waals surface area (Å²) in [4.78, 5) is 11.1. The second-order valence-electron chi connectivity index (χ2n) is 2.05. The first-order valence-corrected chi connectivity index (χ1v) is 3.07. The summed E-state index contributed by atoms with van der Waals surface area (Å²) in [6.07, 6.45) is 0. The van der Waals surface area contributed by atoms with Crippen LogP contribution in [-0.4, -0.2) is 0 Å². The molecule has 0 fully saturated rings. The SMILES string of the molecule is [2H]c1c([O-])c([2H])c2oc(=O)c([2H])c([2H])c2c1[2H].[Na+]. The number of benzene rings is 1. The van der Waals surface area contributed by atoms with E-state index in [1.54, 1.807) is 0 Å². The minimum absolute atomic E-state index is 0. The van der Waals surface area contributed by atoms with Crippen LogP contribution in [0.25, 0.3) is 11.0 Å². The molecule has 0 radical (unpaired) electrons. The Balaban J connectivity index is 0.00000162. The van der Waals surface area contributed by atoms with Gasteiger partial charge in [-0.2, -0.15) is 0 Å². The molecule has 2 aromatic rings. The number of rotatable bonds is 0. The standard InChI is InChI=1S/C9H6O3.Na/c10-7-3-1-6-2-4-9(11)12-8(6)5-7;/h1-5,10H;/q;+1/p-1/i1D,2D,3D,4D,5D;. The molecular formula is C9H5NaO3. The fourth-order valence-electron chi connectivity index (χ4n) is 0.769. The first kappa shape index (κ1) is 5.20. The molecule has 2 rings (SSSR count). The van der Waals surface area contributed by atoms with Crippen molar-refractivity contribution in [3.8, 4) is 5.75 Å². The van der Waals surface area contributed by atoms with Crippen molar-refractivity contribution >= 4 is 11.0 Å². The van der Waals surface area contributed by atoms with Crippen LogP contribution in [0, 0.1) is 0 Å². The molecule has 1 aromatic carbocycles. The summed E-state index contributed by atoms with van der Waals surface area (Å²) >= 11 is 0. The van der Waals surface area contributed by atoms with E-state index in [2.05, 4.69) is 4.42 Å². The predicted molar refractivity (Wildman–Crippen MR) is 41.9 cm³/mol. The molecule has 0 N–H and O–H groups in total. The third-order valence-corrected chi connectivity index (χ3v) is 1.24. The van der Waals surface area contributed by atoms with Gasteiger partial charge in [0.1, 0.15) is 5.58 Å². The molecule has 0 aliphatic rings. The van der Waals surface area contributed by atoms with E-state index in [-0.39, 0.29) is 34.9 Å². The molecule has 0 spiro atoms. The molecule has 0 bridgehead atoms. The fraction of sp³-hybridized carbons (Fsp3) is 0. The Hall–Kier alpha value is -0.770. The summed E-state index contributed by atoms with van der Waals surface area (Å²) in [5.74, 6) is -1.04. The van der Waals surface area contributed by atoms with E-state index in [0.717, 1.165) is 0 Å². The maximum atomic E-state index is 11.3. The number of fused-ring (bicyclic) bond motifs is 1. The average Bonchev–Trinajstić information content (AvgIpc) is 2.30. The molecule has 0 unspecified atom stereocenters. The predicted octanol–water partition coefficient (Wildman–Crippen LogP) is -2.13. The van der Waals surface area contributed by atoms with Crippen molar-refractivity contribution in [3.63, 3.8) is 0 Å². The van der Waals surface area contributed by atoms with E-state index in [1.807, 2.05) is 0 Å². The Kier molecular flexibility index (Phi) is 1.58. The zero-order valence-electron chi connectivity index (χ0n) is 11.7. The first-order chi connectivity index (χ1) is 7.86. The van der Waals surface area contributed by atoms with Crippen molar-refractivity contribution in [1.82, 2.24) is 0 Å². The third kappa shape index (κ3) is 2.12. The van der Waals surface area contributed by atoms with Gasteiger partial charge < -0.3 is 9.52 Å². The molecule has 0 saturated carbocycles. The normalized spacial score (nSPS) is 14.9. The molecule has 0 atom stereocenters. The van der Waals surface area contributed by atoms with Crippen molar-refractivity contribution in [3.05, 3.63) is 40.6 Å².